The van der Waals surface area contributed by atoms with Crippen LogP contribution in [0.3, 0.4) is 0 Å². The van der Waals surface area contributed by atoms with Crippen molar-refractivity contribution in [1.82, 2.24) is 0 Å². The van der Waals surface area contributed by atoms with E-state index in [-0.39, 0.29) is 0 Å². The second-order valence-electron chi connectivity index (χ2n) is 2.82. The quantitative estimate of drug-likeness (QED) is 0.515. The van der Waals surface area contributed by atoms with Crippen LogP contribution < -0.4 is 0 Å². The minimum absolute atomic E-state index is 0.913. The molecule has 0 nitrogen and oxygen atoms in total. The van der Waals surface area contributed by atoms with Gasteiger partial charge in [-0.15, -0.1) is 0 Å². The van der Waals surface area contributed by atoms with Crippen molar-refractivity contribution >= 4 is 18.4 Å². The first kappa shape index (κ1) is 14.3. The summed E-state index contributed by atoms with van der Waals surface area (Å²) in [5.41, 5.74) is 0. The van der Waals surface area contributed by atoms with E-state index < -0.39 is 29.0 Å². The SMILES string of the molecule is CC#[C][Sn]([C]#CC)([C]#CC)[CH2]C(F)(F)F. The number of hydrogen-bond acceptors (Lipinski definition) is 0. The summed E-state index contributed by atoms with van der Waals surface area (Å²) in [4.78, 5) is 0. The third-order valence-corrected chi connectivity index (χ3v) is 9.93. The Morgan fingerprint density at radius 3 is 1.40 bits per heavy atom. The Bertz CT molecular complexity index is 337. The molecule has 0 N–H and O–H groups in total. The fraction of sp³-hybridized carbons (Fsp3) is 0.455. The Hall–Kier alpha value is -0.731. The van der Waals surface area contributed by atoms with E-state index in [0.717, 1.165) is 0 Å². The first-order valence-corrected chi connectivity index (χ1v) is 10.6. The molecular weight excluding hydrogens is 308 g/mol. The molecule has 0 spiro atoms. The van der Waals surface area contributed by atoms with Crippen LogP contribution in [0.4, 0.5) is 13.2 Å². The Balaban J connectivity index is 5.33. The van der Waals surface area contributed by atoms with E-state index in [1.165, 1.54) is 20.8 Å². The summed E-state index contributed by atoms with van der Waals surface area (Å²) in [6.45, 7) is 4.57. The molecule has 0 aromatic heterocycles. The second kappa shape index (κ2) is 5.98. The molecule has 0 bridgehead atoms. The summed E-state index contributed by atoms with van der Waals surface area (Å²) in [7, 11) is 0. The molecule has 0 unspecified atom stereocenters. The summed E-state index contributed by atoms with van der Waals surface area (Å²) in [5.74, 6) is 7.62. The van der Waals surface area contributed by atoms with Gasteiger partial charge in [-0.2, -0.15) is 0 Å². The van der Waals surface area contributed by atoms with Crippen molar-refractivity contribution in [3.8, 4) is 29.6 Å². The predicted molar refractivity (Wildman–Crippen MR) is 57.0 cm³/mol. The van der Waals surface area contributed by atoms with Gasteiger partial charge < -0.3 is 0 Å². The van der Waals surface area contributed by atoms with E-state index in [2.05, 4.69) is 29.6 Å². The molecule has 0 aromatic carbocycles. The van der Waals surface area contributed by atoms with E-state index in [1.807, 2.05) is 0 Å². The van der Waals surface area contributed by atoms with Gasteiger partial charge in [0.15, 0.2) is 0 Å². The molecule has 0 saturated carbocycles. The molecule has 0 fully saturated rings. The summed E-state index contributed by atoms with van der Waals surface area (Å²) in [6.07, 6.45) is -4.23. The van der Waals surface area contributed by atoms with Crippen molar-refractivity contribution in [2.24, 2.45) is 0 Å². The van der Waals surface area contributed by atoms with Gasteiger partial charge in [-0.25, -0.2) is 0 Å². The van der Waals surface area contributed by atoms with Gasteiger partial charge in [0.1, 0.15) is 0 Å². The maximum atomic E-state index is 12.4. The molecule has 0 atom stereocenters. The average molecular weight is 319 g/mol. The topological polar surface area (TPSA) is 0 Å². The van der Waals surface area contributed by atoms with Crippen LogP contribution in [0.5, 0.6) is 0 Å². The molecule has 0 aliphatic rings. The monoisotopic (exact) mass is 320 g/mol. The molecule has 0 heterocycles. The van der Waals surface area contributed by atoms with Crippen LogP contribution in [0.15, 0.2) is 0 Å². The zero-order chi connectivity index (χ0) is 11.9. The molecule has 0 saturated heterocycles. The van der Waals surface area contributed by atoms with Gasteiger partial charge >= 0.3 is 92.5 Å². The second-order valence-corrected chi connectivity index (χ2v) is 11.1. The van der Waals surface area contributed by atoms with Crippen LogP contribution in [0.25, 0.3) is 0 Å². The van der Waals surface area contributed by atoms with Crippen LogP contribution in [-0.4, -0.2) is 24.6 Å². The molecule has 80 valence electrons. The maximum absolute atomic E-state index is 12.4. The van der Waals surface area contributed by atoms with Crippen molar-refractivity contribution in [2.45, 2.75) is 31.4 Å². The summed E-state index contributed by atoms with van der Waals surface area (Å²) < 4.78 is 44.1. The molecule has 4 heteroatoms. The first-order chi connectivity index (χ1) is 6.89. The first-order valence-electron chi connectivity index (χ1n) is 4.27. The molecule has 0 rings (SSSR count). The summed E-state index contributed by atoms with van der Waals surface area (Å²) in [5, 5.41) is 0. The standard InChI is InChI=1S/3C3H3.C2H2F3.Sn/c3*1-3-2;1-2(3,4)5;/h3*1H3;1H2;. The Morgan fingerprint density at radius 2 is 1.20 bits per heavy atom. The van der Waals surface area contributed by atoms with E-state index in [9.17, 15) is 13.2 Å². The molecule has 0 amide bonds. The number of alkyl halides is 3. The van der Waals surface area contributed by atoms with Crippen LogP contribution in [0, 0.1) is 29.6 Å². The van der Waals surface area contributed by atoms with E-state index in [1.54, 1.807) is 0 Å². The van der Waals surface area contributed by atoms with Crippen molar-refractivity contribution in [3.05, 3.63) is 0 Å². The van der Waals surface area contributed by atoms with Gasteiger partial charge in [-0.3, -0.25) is 0 Å². The Labute approximate surface area is 92.5 Å². The van der Waals surface area contributed by atoms with Crippen molar-refractivity contribution in [1.29, 1.82) is 0 Å². The molecular formula is C11H11F3Sn. The summed E-state index contributed by atoms with van der Waals surface area (Å²) >= 11 is -3.94. The van der Waals surface area contributed by atoms with Gasteiger partial charge in [-0.1, -0.05) is 0 Å². The van der Waals surface area contributed by atoms with Crippen molar-refractivity contribution in [3.63, 3.8) is 0 Å². The van der Waals surface area contributed by atoms with Crippen LogP contribution in [0.2, 0.25) is 4.44 Å². The minimum atomic E-state index is -4.23. The Kier molecular flexibility index (Phi) is 5.69. The zero-order valence-electron chi connectivity index (χ0n) is 8.84. The molecule has 0 radical (unpaired) electrons. The van der Waals surface area contributed by atoms with E-state index in [0.29, 0.717) is 0 Å². The van der Waals surface area contributed by atoms with Crippen LogP contribution in [0.1, 0.15) is 20.8 Å². The molecule has 15 heavy (non-hydrogen) atoms. The predicted octanol–water partition coefficient (Wildman–Crippen LogP) is 2.69. The van der Waals surface area contributed by atoms with Gasteiger partial charge in [0.2, 0.25) is 0 Å². The number of halogens is 3. The summed E-state index contributed by atoms with van der Waals surface area (Å²) in [6, 6.07) is 0. The Morgan fingerprint density at radius 1 is 0.867 bits per heavy atom. The zero-order valence-corrected chi connectivity index (χ0v) is 11.7. The van der Waals surface area contributed by atoms with E-state index >= 15 is 0 Å². The molecule has 0 aliphatic heterocycles. The van der Waals surface area contributed by atoms with Crippen LogP contribution >= 0.6 is 0 Å². The van der Waals surface area contributed by atoms with Crippen molar-refractivity contribution in [2.75, 3.05) is 0 Å². The van der Waals surface area contributed by atoms with Gasteiger partial charge in [0.25, 0.3) is 0 Å². The fourth-order valence-corrected chi connectivity index (χ4v) is 7.83. The number of rotatable bonds is 1. The molecule has 0 aliphatic carbocycles. The van der Waals surface area contributed by atoms with E-state index in [4.69, 9.17) is 0 Å². The van der Waals surface area contributed by atoms with Crippen molar-refractivity contribution < 1.29 is 13.2 Å². The molecule has 0 aromatic rings. The third-order valence-electron chi connectivity index (χ3n) is 1.48. The normalized spacial score (nSPS) is 10.0. The fourth-order valence-electron chi connectivity index (χ4n) is 1.17. The van der Waals surface area contributed by atoms with Crippen LogP contribution in [-0.2, 0) is 0 Å². The van der Waals surface area contributed by atoms with Gasteiger partial charge in [-0.05, 0) is 0 Å². The van der Waals surface area contributed by atoms with Gasteiger partial charge in [0.05, 0.1) is 0 Å². The average Bonchev–Trinajstić information content (AvgIpc) is 2.01. The van der Waals surface area contributed by atoms with Gasteiger partial charge in [0, 0.05) is 0 Å². The number of hydrogen-bond donors (Lipinski definition) is 0. The third kappa shape index (κ3) is 5.65.